The van der Waals surface area contributed by atoms with Crippen molar-refractivity contribution < 1.29 is 4.42 Å². The van der Waals surface area contributed by atoms with E-state index in [2.05, 4.69) is 15.3 Å². The highest BCUT2D eigenvalue weighted by atomic mass is 16.3. The summed E-state index contributed by atoms with van der Waals surface area (Å²) in [5.41, 5.74) is 3.44. The summed E-state index contributed by atoms with van der Waals surface area (Å²) in [6, 6.07) is 2.00. The van der Waals surface area contributed by atoms with Crippen molar-refractivity contribution in [3.8, 4) is 11.3 Å². The van der Waals surface area contributed by atoms with Crippen LogP contribution in [0, 0.1) is 0 Å². The largest absolute Gasteiger partial charge is 0.469 e. The van der Waals surface area contributed by atoms with E-state index in [-0.39, 0.29) is 0 Å². The van der Waals surface area contributed by atoms with Gasteiger partial charge in [0.25, 0.3) is 0 Å². The maximum Gasteiger partial charge on any atom is 0.121 e. The van der Waals surface area contributed by atoms with Crippen molar-refractivity contribution in [2.45, 2.75) is 19.4 Å². The Labute approximate surface area is 87.7 Å². The highest BCUT2D eigenvalue weighted by Gasteiger charge is 2.22. The van der Waals surface area contributed by atoms with Crippen LogP contribution in [0.2, 0.25) is 0 Å². The van der Waals surface area contributed by atoms with E-state index in [0.717, 1.165) is 42.2 Å². The number of hydrogen-bond acceptors (Lipinski definition) is 3. The summed E-state index contributed by atoms with van der Waals surface area (Å²) in [6.45, 7) is 0.778. The second-order valence-corrected chi connectivity index (χ2v) is 3.80. The summed E-state index contributed by atoms with van der Waals surface area (Å²) < 4.78 is 5.41. The number of imidazole rings is 1. The number of hydrogen-bond donors (Lipinski definition) is 2. The molecule has 0 fully saturated rings. The lowest BCUT2D eigenvalue weighted by Crippen LogP contribution is -2.06. The molecule has 2 N–H and O–H groups in total. The zero-order chi connectivity index (χ0) is 10.3. The Bertz CT molecular complexity index is 484. The number of nitrogens with one attached hydrogen (secondary N) is 2. The van der Waals surface area contributed by atoms with Crippen LogP contribution in [0.25, 0.3) is 11.3 Å². The second-order valence-electron chi connectivity index (χ2n) is 3.80. The fourth-order valence-electron chi connectivity index (χ4n) is 2.10. The minimum absolute atomic E-state index is 0.778. The number of aromatic amines is 1. The molecule has 0 radical (unpaired) electrons. The maximum atomic E-state index is 5.41. The van der Waals surface area contributed by atoms with Gasteiger partial charge in [0.15, 0.2) is 0 Å². The molecule has 0 saturated heterocycles. The molecule has 0 aliphatic heterocycles. The molecule has 0 spiro atoms. The average Bonchev–Trinajstić information content (AvgIpc) is 2.80. The molecule has 3 rings (SSSR count). The van der Waals surface area contributed by atoms with Crippen molar-refractivity contribution in [1.82, 2.24) is 15.3 Å². The van der Waals surface area contributed by atoms with Crippen LogP contribution < -0.4 is 5.32 Å². The molecule has 0 aromatic carbocycles. The van der Waals surface area contributed by atoms with Gasteiger partial charge in [-0.3, -0.25) is 0 Å². The van der Waals surface area contributed by atoms with E-state index in [4.69, 9.17) is 4.42 Å². The van der Waals surface area contributed by atoms with Crippen LogP contribution in [0.4, 0.5) is 0 Å². The van der Waals surface area contributed by atoms with Gasteiger partial charge in [-0.1, -0.05) is 0 Å². The molecule has 0 amide bonds. The SMILES string of the molecule is CNCc1nc2c([nH]1)CCc1occc1-2. The monoisotopic (exact) mass is 203 g/mol. The third-order valence-corrected chi connectivity index (χ3v) is 2.77. The number of aryl methyl sites for hydroxylation is 2. The van der Waals surface area contributed by atoms with E-state index in [1.165, 1.54) is 5.69 Å². The Kier molecular flexibility index (Phi) is 1.89. The molecule has 0 atom stereocenters. The molecule has 4 heteroatoms. The normalized spacial score (nSPS) is 13.7. The second kappa shape index (κ2) is 3.24. The van der Waals surface area contributed by atoms with Crippen LogP contribution in [0.15, 0.2) is 16.7 Å². The molecule has 1 aliphatic rings. The lowest BCUT2D eigenvalue weighted by atomic mass is 10.00. The minimum Gasteiger partial charge on any atom is -0.469 e. The van der Waals surface area contributed by atoms with Gasteiger partial charge in [0, 0.05) is 17.7 Å². The Morgan fingerprint density at radius 2 is 2.47 bits per heavy atom. The van der Waals surface area contributed by atoms with Crippen molar-refractivity contribution in [3.63, 3.8) is 0 Å². The van der Waals surface area contributed by atoms with Gasteiger partial charge in [-0.15, -0.1) is 0 Å². The summed E-state index contributed by atoms with van der Waals surface area (Å²) in [6.07, 6.45) is 3.70. The lowest BCUT2D eigenvalue weighted by Gasteiger charge is -2.08. The zero-order valence-electron chi connectivity index (χ0n) is 8.63. The van der Waals surface area contributed by atoms with Gasteiger partial charge in [-0.2, -0.15) is 0 Å². The van der Waals surface area contributed by atoms with Gasteiger partial charge >= 0.3 is 0 Å². The first-order valence-electron chi connectivity index (χ1n) is 5.17. The molecular weight excluding hydrogens is 190 g/mol. The van der Waals surface area contributed by atoms with E-state index < -0.39 is 0 Å². The Hall–Kier alpha value is -1.55. The summed E-state index contributed by atoms with van der Waals surface area (Å²) in [7, 11) is 1.92. The Morgan fingerprint density at radius 3 is 3.33 bits per heavy atom. The van der Waals surface area contributed by atoms with Crippen molar-refractivity contribution in [3.05, 3.63) is 29.6 Å². The molecule has 0 unspecified atom stereocenters. The summed E-state index contributed by atoms with van der Waals surface area (Å²) in [4.78, 5) is 7.93. The lowest BCUT2D eigenvalue weighted by molar-refractivity contribution is 0.506. The average molecular weight is 203 g/mol. The molecule has 0 saturated carbocycles. The molecular formula is C11H13N3O. The third-order valence-electron chi connectivity index (χ3n) is 2.77. The van der Waals surface area contributed by atoms with Crippen LogP contribution in [-0.2, 0) is 19.4 Å². The van der Waals surface area contributed by atoms with E-state index in [9.17, 15) is 0 Å². The molecule has 0 bridgehead atoms. The molecule has 1 aliphatic carbocycles. The number of H-pyrrole nitrogens is 1. The minimum atomic E-state index is 0.778. The molecule has 4 nitrogen and oxygen atoms in total. The Balaban J connectivity index is 2.08. The van der Waals surface area contributed by atoms with Crippen LogP contribution >= 0.6 is 0 Å². The van der Waals surface area contributed by atoms with E-state index >= 15 is 0 Å². The highest BCUT2D eigenvalue weighted by molar-refractivity contribution is 5.66. The van der Waals surface area contributed by atoms with Crippen LogP contribution in [-0.4, -0.2) is 17.0 Å². The number of furan rings is 1. The standard InChI is InChI=1S/C11H13N3O/c1-12-6-10-13-8-2-3-9-7(4-5-15-9)11(8)14-10/h4-5,12H,2-3,6H2,1H3,(H,13,14). The molecule has 2 aromatic rings. The maximum absolute atomic E-state index is 5.41. The van der Waals surface area contributed by atoms with Crippen molar-refractivity contribution in [1.29, 1.82) is 0 Å². The fraction of sp³-hybridized carbons (Fsp3) is 0.364. The summed E-state index contributed by atoms with van der Waals surface area (Å²) in [5.74, 6) is 2.06. The summed E-state index contributed by atoms with van der Waals surface area (Å²) >= 11 is 0. The van der Waals surface area contributed by atoms with Crippen molar-refractivity contribution in [2.24, 2.45) is 0 Å². The predicted molar refractivity (Wildman–Crippen MR) is 56.5 cm³/mol. The van der Waals surface area contributed by atoms with Gasteiger partial charge in [0.2, 0.25) is 0 Å². The number of aromatic nitrogens is 2. The predicted octanol–water partition coefficient (Wildman–Crippen LogP) is 1.49. The number of nitrogens with zero attached hydrogens (tertiary/aromatic N) is 1. The molecule has 15 heavy (non-hydrogen) atoms. The molecule has 78 valence electrons. The van der Waals surface area contributed by atoms with Crippen LogP contribution in [0.3, 0.4) is 0 Å². The van der Waals surface area contributed by atoms with Crippen LogP contribution in [0.1, 0.15) is 17.3 Å². The highest BCUT2D eigenvalue weighted by Crippen LogP contribution is 2.32. The number of rotatable bonds is 2. The quantitative estimate of drug-likeness (QED) is 0.777. The van der Waals surface area contributed by atoms with Crippen LogP contribution in [0.5, 0.6) is 0 Å². The first-order chi connectivity index (χ1) is 7.38. The first-order valence-corrected chi connectivity index (χ1v) is 5.17. The van der Waals surface area contributed by atoms with Crippen molar-refractivity contribution >= 4 is 0 Å². The summed E-state index contributed by atoms with van der Waals surface area (Å²) in [5, 5.41) is 3.09. The molecule has 2 heterocycles. The fourth-order valence-corrected chi connectivity index (χ4v) is 2.10. The van der Waals surface area contributed by atoms with E-state index in [0.29, 0.717) is 0 Å². The van der Waals surface area contributed by atoms with E-state index in [1.54, 1.807) is 6.26 Å². The van der Waals surface area contributed by atoms with E-state index in [1.807, 2.05) is 13.1 Å². The van der Waals surface area contributed by atoms with Gasteiger partial charge in [-0.05, 0) is 19.5 Å². The zero-order valence-corrected chi connectivity index (χ0v) is 8.63. The van der Waals surface area contributed by atoms with Gasteiger partial charge in [-0.25, -0.2) is 4.98 Å². The van der Waals surface area contributed by atoms with Gasteiger partial charge < -0.3 is 14.7 Å². The Morgan fingerprint density at radius 1 is 1.53 bits per heavy atom. The van der Waals surface area contributed by atoms with Gasteiger partial charge in [0.1, 0.15) is 11.6 Å². The third kappa shape index (κ3) is 1.29. The molecule has 2 aromatic heterocycles. The smallest absolute Gasteiger partial charge is 0.121 e. The number of fused-ring (bicyclic) bond motifs is 3. The van der Waals surface area contributed by atoms with Crippen molar-refractivity contribution in [2.75, 3.05) is 7.05 Å². The topological polar surface area (TPSA) is 53.9 Å². The van der Waals surface area contributed by atoms with Gasteiger partial charge in [0.05, 0.1) is 18.5 Å². The first kappa shape index (κ1) is 8.73.